The number of fused-ring (bicyclic) bond motifs is 1. The number of ketones is 1. The monoisotopic (exact) mass is 459 g/mol. The lowest BCUT2D eigenvalue weighted by atomic mass is 9.76. The number of rotatable bonds is 4. The molecule has 1 aromatic heterocycles. The average Bonchev–Trinajstić information content (AvgIpc) is 2.66. The van der Waals surface area contributed by atoms with E-state index in [1.165, 1.54) is 0 Å². The van der Waals surface area contributed by atoms with Gasteiger partial charge >= 0.3 is 0 Å². The van der Waals surface area contributed by atoms with Crippen LogP contribution < -0.4 is 10.9 Å². The van der Waals surface area contributed by atoms with E-state index in [4.69, 9.17) is 4.98 Å². The first kappa shape index (κ1) is 19.5. The first-order valence-electron chi connectivity index (χ1n) is 9.49. The molecule has 0 radical (unpaired) electrons. The van der Waals surface area contributed by atoms with Crippen molar-refractivity contribution in [3.63, 3.8) is 0 Å². The summed E-state index contributed by atoms with van der Waals surface area (Å²) < 4.78 is 0.960. The number of hydrogen-bond donors (Lipinski definition) is 2. The van der Waals surface area contributed by atoms with E-state index in [9.17, 15) is 9.59 Å². The molecular weight excluding hydrogens is 438 g/mol. The summed E-state index contributed by atoms with van der Waals surface area (Å²) in [5.41, 5.74) is 2.92. The molecule has 146 valence electrons. The van der Waals surface area contributed by atoms with Crippen LogP contribution in [-0.4, -0.2) is 21.5 Å². The molecule has 7 heteroatoms. The molecule has 0 spiro atoms. The SMILES string of the molecule is CC(C)CSc1nc2c(c(=O)[nH]1)[C@@H](c1ccc(Br)cc1)C1=C(CCCC1=O)N2. The summed E-state index contributed by atoms with van der Waals surface area (Å²) in [5, 5.41) is 3.93. The number of carbonyl (C=O) groups is 1. The Morgan fingerprint density at radius 2 is 1.96 bits per heavy atom. The van der Waals surface area contributed by atoms with E-state index in [2.05, 4.69) is 40.1 Å². The van der Waals surface area contributed by atoms with Crippen LogP contribution in [0.5, 0.6) is 0 Å². The maximum atomic E-state index is 13.1. The van der Waals surface area contributed by atoms with E-state index in [1.54, 1.807) is 11.8 Å². The fourth-order valence-corrected chi connectivity index (χ4v) is 4.82. The molecule has 0 amide bonds. The third-order valence-corrected chi connectivity index (χ3v) is 6.82. The highest BCUT2D eigenvalue weighted by Gasteiger charge is 2.37. The van der Waals surface area contributed by atoms with Gasteiger partial charge in [-0.05, 0) is 36.5 Å². The Morgan fingerprint density at radius 1 is 1.21 bits per heavy atom. The van der Waals surface area contributed by atoms with Crippen LogP contribution in [0, 0.1) is 5.92 Å². The number of halogens is 1. The van der Waals surface area contributed by atoms with Crippen LogP contribution in [0.1, 0.15) is 50.2 Å². The minimum atomic E-state index is -0.382. The summed E-state index contributed by atoms with van der Waals surface area (Å²) in [6.07, 6.45) is 2.15. The number of anilines is 1. The molecule has 1 atom stereocenters. The van der Waals surface area contributed by atoms with Gasteiger partial charge in [0.1, 0.15) is 5.82 Å². The maximum Gasteiger partial charge on any atom is 0.257 e. The Hall–Kier alpha value is -1.86. The molecule has 0 bridgehead atoms. The minimum Gasteiger partial charge on any atom is -0.343 e. The molecule has 0 saturated heterocycles. The summed E-state index contributed by atoms with van der Waals surface area (Å²) in [5.74, 6) is 1.69. The van der Waals surface area contributed by atoms with Gasteiger partial charge in [0.25, 0.3) is 5.56 Å². The van der Waals surface area contributed by atoms with Crippen molar-refractivity contribution in [3.8, 4) is 0 Å². The molecule has 1 aliphatic heterocycles. The third-order valence-electron chi connectivity index (χ3n) is 4.99. The van der Waals surface area contributed by atoms with Gasteiger partial charge in [0, 0.05) is 33.8 Å². The van der Waals surface area contributed by atoms with Gasteiger partial charge in [-0.1, -0.05) is 53.7 Å². The zero-order valence-electron chi connectivity index (χ0n) is 15.8. The highest BCUT2D eigenvalue weighted by molar-refractivity contribution is 9.10. The summed E-state index contributed by atoms with van der Waals surface area (Å²) in [4.78, 5) is 33.5. The van der Waals surface area contributed by atoms with Crippen molar-refractivity contribution in [1.29, 1.82) is 0 Å². The Bertz CT molecular complexity index is 1010. The average molecular weight is 460 g/mol. The maximum absolute atomic E-state index is 13.1. The van der Waals surface area contributed by atoms with Gasteiger partial charge in [0.05, 0.1) is 5.56 Å². The summed E-state index contributed by atoms with van der Waals surface area (Å²) in [7, 11) is 0. The van der Waals surface area contributed by atoms with Crippen molar-refractivity contribution >= 4 is 39.3 Å². The van der Waals surface area contributed by atoms with Gasteiger partial charge in [-0.3, -0.25) is 9.59 Å². The van der Waals surface area contributed by atoms with Crippen molar-refractivity contribution in [1.82, 2.24) is 9.97 Å². The van der Waals surface area contributed by atoms with Gasteiger partial charge < -0.3 is 10.3 Å². The van der Waals surface area contributed by atoms with Crippen molar-refractivity contribution in [3.05, 3.63) is 61.5 Å². The van der Waals surface area contributed by atoms with Gasteiger partial charge in [0.2, 0.25) is 0 Å². The number of allylic oxidation sites excluding steroid dienone is 2. The van der Waals surface area contributed by atoms with Gasteiger partial charge in [-0.2, -0.15) is 0 Å². The zero-order valence-corrected chi connectivity index (χ0v) is 18.2. The molecule has 2 aromatic rings. The van der Waals surface area contributed by atoms with E-state index < -0.39 is 0 Å². The predicted octanol–water partition coefficient (Wildman–Crippen LogP) is 4.85. The molecule has 2 N–H and O–H groups in total. The highest BCUT2D eigenvalue weighted by Crippen LogP contribution is 2.43. The van der Waals surface area contributed by atoms with Crippen LogP contribution in [0.3, 0.4) is 0 Å². The van der Waals surface area contributed by atoms with Crippen LogP contribution >= 0.6 is 27.7 Å². The number of thioether (sulfide) groups is 1. The second kappa shape index (κ2) is 7.87. The second-order valence-electron chi connectivity index (χ2n) is 7.62. The normalized spacial score (nSPS) is 18.7. The molecular formula is C21H22BrN3O2S. The summed E-state index contributed by atoms with van der Waals surface area (Å²) in [6, 6.07) is 7.83. The fraction of sp³-hybridized carbons (Fsp3) is 0.381. The van der Waals surface area contributed by atoms with Crippen molar-refractivity contribution < 1.29 is 4.79 Å². The molecule has 2 aliphatic rings. The minimum absolute atomic E-state index is 0.116. The van der Waals surface area contributed by atoms with E-state index in [-0.39, 0.29) is 17.3 Å². The van der Waals surface area contributed by atoms with Gasteiger partial charge in [-0.25, -0.2) is 4.98 Å². The Labute approximate surface area is 176 Å². The molecule has 1 aliphatic carbocycles. The lowest BCUT2D eigenvalue weighted by molar-refractivity contribution is -0.116. The molecule has 0 fully saturated rings. The Morgan fingerprint density at radius 3 is 2.68 bits per heavy atom. The van der Waals surface area contributed by atoms with Crippen LogP contribution in [0.25, 0.3) is 0 Å². The predicted molar refractivity (Wildman–Crippen MR) is 116 cm³/mol. The van der Waals surface area contributed by atoms with E-state index in [1.807, 2.05) is 24.3 Å². The largest absolute Gasteiger partial charge is 0.343 e. The molecule has 1 aromatic carbocycles. The first-order chi connectivity index (χ1) is 13.4. The molecule has 2 heterocycles. The number of Topliss-reactive ketones (excluding diaryl/α,β-unsaturated/α-hetero) is 1. The number of H-pyrrole nitrogens is 1. The van der Waals surface area contributed by atoms with Crippen molar-refractivity contribution in [2.75, 3.05) is 11.1 Å². The molecule has 0 saturated carbocycles. The number of hydrogen-bond acceptors (Lipinski definition) is 5. The van der Waals surface area contributed by atoms with Crippen molar-refractivity contribution in [2.24, 2.45) is 5.92 Å². The van der Waals surface area contributed by atoms with E-state index >= 15 is 0 Å². The molecule has 4 rings (SSSR count). The smallest absolute Gasteiger partial charge is 0.257 e. The van der Waals surface area contributed by atoms with Crippen LogP contribution in [-0.2, 0) is 4.79 Å². The third kappa shape index (κ3) is 3.70. The highest BCUT2D eigenvalue weighted by atomic mass is 79.9. The number of aromatic amines is 1. The van der Waals surface area contributed by atoms with Crippen LogP contribution in [0.15, 0.2) is 50.0 Å². The fourth-order valence-electron chi connectivity index (χ4n) is 3.74. The summed E-state index contributed by atoms with van der Waals surface area (Å²) in [6.45, 7) is 4.27. The molecule has 0 unspecified atom stereocenters. The number of nitrogens with zero attached hydrogens (tertiary/aromatic N) is 1. The second-order valence-corrected chi connectivity index (χ2v) is 9.54. The lowest BCUT2D eigenvalue weighted by Gasteiger charge is -2.32. The van der Waals surface area contributed by atoms with Gasteiger partial charge in [-0.15, -0.1) is 0 Å². The standard InChI is InChI=1S/C21H22BrN3O2S/c1-11(2)10-28-21-24-19-18(20(27)25-21)16(12-6-8-13(22)9-7-12)17-14(23-19)4-3-5-15(17)26/h6-9,11,16H,3-5,10H2,1-2H3,(H2,23,24,25,27)/t16-/m0/s1. The number of benzene rings is 1. The van der Waals surface area contributed by atoms with E-state index in [0.29, 0.717) is 28.9 Å². The first-order valence-corrected chi connectivity index (χ1v) is 11.3. The quantitative estimate of drug-likeness (QED) is 0.504. The van der Waals surface area contributed by atoms with Crippen LogP contribution in [0.2, 0.25) is 0 Å². The Balaban J connectivity index is 1.86. The van der Waals surface area contributed by atoms with Gasteiger partial charge in [0.15, 0.2) is 10.9 Å². The van der Waals surface area contributed by atoms with Crippen molar-refractivity contribution in [2.45, 2.75) is 44.2 Å². The van der Waals surface area contributed by atoms with Crippen LogP contribution in [0.4, 0.5) is 5.82 Å². The van der Waals surface area contributed by atoms with E-state index in [0.717, 1.165) is 39.9 Å². The lowest BCUT2D eigenvalue weighted by Crippen LogP contribution is -2.32. The molecule has 5 nitrogen and oxygen atoms in total. The Kier molecular flexibility index (Phi) is 5.47. The topological polar surface area (TPSA) is 74.8 Å². The number of nitrogens with one attached hydrogen (secondary N) is 2. The summed E-state index contributed by atoms with van der Waals surface area (Å²) >= 11 is 5.01. The molecule has 28 heavy (non-hydrogen) atoms. The number of carbonyl (C=O) groups excluding carboxylic acids is 1. The zero-order chi connectivity index (χ0) is 19.8. The number of aromatic nitrogens is 2.